The van der Waals surface area contributed by atoms with Crippen molar-refractivity contribution in [3.63, 3.8) is 0 Å². The molecule has 1 aromatic rings. The Morgan fingerprint density at radius 2 is 2.12 bits per heavy atom. The van der Waals surface area contributed by atoms with Crippen molar-refractivity contribution >= 4 is 21.9 Å². The SMILES string of the molecule is CN=C(NC1CCN(CC(F)(F)F)C1)N(C)Cc1ccccc1Br. The van der Waals surface area contributed by atoms with Crippen LogP contribution in [-0.4, -0.2) is 61.7 Å². The van der Waals surface area contributed by atoms with E-state index in [4.69, 9.17) is 0 Å². The van der Waals surface area contributed by atoms with Crippen LogP contribution in [-0.2, 0) is 6.54 Å². The molecule has 0 amide bonds. The maximum Gasteiger partial charge on any atom is 0.401 e. The molecule has 0 aromatic heterocycles. The first-order valence-corrected chi connectivity index (χ1v) is 8.55. The van der Waals surface area contributed by atoms with Gasteiger partial charge in [-0.2, -0.15) is 13.2 Å². The molecule has 0 aliphatic carbocycles. The highest BCUT2D eigenvalue weighted by Crippen LogP contribution is 2.20. The molecule has 1 fully saturated rings. The molecule has 2 rings (SSSR count). The average molecular weight is 407 g/mol. The summed E-state index contributed by atoms with van der Waals surface area (Å²) >= 11 is 3.52. The predicted octanol–water partition coefficient (Wildman–Crippen LogP) is 3.09. The number of alkyl halides is 3. The zero-order chi connectivity index (χ0) is 17.7. The molecule has 134 valence electrons. The molecular formula is C16H22BrF3N4. The van der Waals surface area contributed by atoms with Gasteiger partial charge in [0.1, 0.15) is 0 Å². The molecule has 0 bridgehead atoms. The second kappa shape index (κ2) is 8.20. The van der Waals surface area contributed by atoms with E-state index >= 15 is 0 Å². The summed E-state index contributed by atoms with van der Waals surface area (Å²) < 4.78 is 38.4. The minimum atomic E-state index is -4.15. The Hall–Kier alpha value is -1.28. The molecule has 0 radical (unpaired) electrons. The van der Waals surface area contributed by atoms with E-state index in [1.54, 1.807) is 7.05 Å². The summed E-state index contributed by atoms with van der Waals surface area (Å²) in [5.74, 6) is 0.685. The van der Waals surface area contributed by atoms with Gasteiger partial charge in [-0.15, -0.1) is 0 Å². The maximum atomic E-state index is 12.5. The second-order valence-electron chi connectivity index (χ2n) is 5.97. The summed E-state index contributed by atoms with van der Waals surface area (Å²) in [6.07, 6.45) is -3.47. The van der Waals surface area contributed by atoms with Gasteiger partial charge in [0.15, 0.2) is 5.96 Å². The predicted molar refractivity (Wildman–Crippen MR) is 93.0 cm³/mol. The highest BCUT2D eigenvalue weighted by atomic mass is 79.9. The second-order valence-corrected chi connectivity index (χ2v) is 6.83. The Morgan fingerprint density at radius 1 is 1.42 bits per heavy atom. The van der Waals surface area contributed by atoms with Gasteiger partial charge in [-0.05, 0) is 18.1 Å². The normalized spacial score (nSPS) is 19.6. The Labute approximate surface area is 148 Å². The molecule has 1 aliphatic rings. The van der Waals surface area contributed by atoms with Crippen molar-refractivity contribution in [1.82, 2.24) is 15.1 Å². The van der Waals surface area contributed by atoms with Gasteiger partial charge in [0.25, 0.3) is 0 Å². The number of hydrogen-bond donors (Lipinski definition) is 1. The Morgan fingerprint density at radius 3 is 2.75 bits per heavy atom. The summed E-state index contributed by atoms with van der Waals surface area (Å²) in [5.41, 5.74) is 1.12. The highest BCUT2D eigenvalue weighted by molar-refractivity contribution is 9.10. The van der Waals surface area contributed by atoms with E-state index in [-0.39, 0.29) is 6.04 Å². The molecule has 0 saturated carbocycles. The number of likely N-dealkylation sites (tertiary alicyclic amines) is 1. The van der Waals surface area contributed by atoms with Crippen LogP contribution < -0.4 is 5.32 Å². The first-order chi connectivity index (χ1) is 11.3. The van der Waals surface area contributed by atoms with Crippen LogP contribution in [0.5, 0.6) is 0 Å². The fourth-order valence-corrected chi connectivity index (χ4v) is 3.24. The van der Waals surface area contributed by atoms with Crippen LogP contribution >= 0.6 is 15.9 Å². The fourth-order valence-electron chi connectivity index (χ4n) is 2.83. The molecular weight excluding hydrogens is 385 g/mol. The van der Waals surface area contributed by atoms with E-state index in [1.165, 1.54) is 4.90 Å². The summed E-state index contributed by atoms with van der Waals surface area (Å²) in [4.78, 5) is 7.65. The summed E-state index contributed by atoms with van der Waals surface area (Å²) in [6, 6.07) is 7.90. The van der Waals surface area contributed by atoms with Crippen LogP contribution in [0.1, 0.15) is 12.0 Å². The van der Waals surface area contributed by atoms with Crippen LogP contribution in [0, 0.1) is 0 Å². The van der Waals surface area contributed by atoms with E-state index in [0.717, 1.165) is 10.0 Å². The van der Waals surface area contributed by atoms with Gasteiger partial charge in [-0.25, -0.2) is 0 Å². The van der Waals surface area contributed by atoms with Crippen molar-refractivity contribution in [2.75, 3.05) is 33.7 Å². The van der Waals surface area contributed by atoms with Gasteiger partial charge in [0, 0.05) is 44.2 Å². The number of rotatable bonds is 4. The van der Waals surface area contributed by atoms with Gasteiger partial charge in [0.2, 0.25) is 0 Å². The van der Waals surface area contributed by atoms with E-state index in [9.17, 15) is 13.2 Å². The summed E-state index contributed by atoms with van der Waals surface area (Å²) in [7, 11) is 3.60. The molecule has 0 spiro atoms. The largest absolute Gasteiger partial charge is 0.401 e. The van der Waals surface area contributed by atoms with E-state index in [2.05, 4.69) is 26.2 Å². The topological polar surface area (TPSA) is 30.9 Å². The first-order valence-electron chi connectivity index (χ1n) is 7.75. The number of benzene rings is 1. The Balaban J connectivity index is 1.90. The summed E-state index contributed by atoms with van der Waals surface area (Å²) in [5, 5.41) is 3.27. The van der Waals surface area contributed by atoms with Crippen molar-refractivity contribution in [1.29, 1.82) is 0 Å². The van der Waals surface area contributed by atoms with Gasteiger partial charge < -0.3 is 10.2 Å². The molecule has 1 heterocycles. The number of halogens is 4. The lowest BCUT2D eigenvalue weighted by molar-refractivity contribution is -0.143. The lowest BCUT2D eigenvalue weighted by Gasteiger charge is -2.25. The van der Waals surface area contributed by atoms with Crippen molar-refractivity contribution < 1.29 is 13.2 Å². The lowest BCUT2D eigenvalue weighted by atomic mass is 10.2. The van der Waals surface area contributed by atoms with Crippen molar-refractivity contribution in [2.24, 2.45) is 4.99 Å². The quantitative estimate of drug-likeness (QED) is 0.615. The van der Waals surface area contributed by atoms with E-state index in [0.29, 0.717) is 32.0 Å². The minimum absolute atomic E-state index is 0.0206. The zero-order valence-electron chi connectivity index (χ0n) is 13.8. The van der Waals surface area contributed by atoms with Crippen LogP contribution in [0.25, 0.3) is 0 Å². The molecule has 8 heteroatoms. The minimum Gasteiger partial charge on any atom is -0.352 e. The van der Waals surface area contributed by atoms with Gasteiger partial charge >= 0.3 is 6.18 Å². The van der Waals surface area contributed by atoms with Crippen LogP contribution in [0.15, 0.2) is 33.7 Å². The molecule has 4 nitrogen and oxygen atoms in total. The molecule has 1 saturated heterocycles. The third-order valence-corrected chi connectivity index (χ3v) is 4.72. The molecule has 1 aromatic carbocycles. The van der Waals surface area contributed by atoms with Crippen LogP contribution in [0.4, 0.5) is 13.2 Å². The van der Waals surface area contributed by atoms with Gasteiger partial charge in [-0.3, -0.25) is 9.89 Å². The van der Waals surface area contributed by atoms with E-state index < -0.39 is 12.7 Å². The molecule has 1 aliphatic heterocycles. The maximum absolute atomic E-state index is 12.5. The zero-order valence-corrected chi connectivity index (χ0v) is 15.4. The molecule has 1 N–H and O–H groups in total. The number of nitrogens with one attached hydrogen (secondary N) is 1. The molecule has 24 heavy (non-hydrogen) atoms. The van der Waals surface area contributed by atoms with Crippen molar-refractivity contribution in [2.45, 2.75) is 25.2 Å². The van der Waals surface area contributed by atoms with Gasteiger partial charge in [0.05, 0.1) is 6.54 Å². The number of hydrogen-bond acceptors (Lipinski definition) is 2. The monoisotopic (exact) mass is 406 g/mol. The van der Waals surface area contributed by atoms with Crippen molar-refractivity contribution in [3.05, 3.63) is 34.3 Å². The van der Waals surface area contributed by atoms with Crippen LogP contribution in [0.3, 0.4) is 0 Å². The Bertz CT molecular complexity index is 577. The average Bonchev–Trinajstić information content (AvgIpc) is 2.92. The first kappa shape index (κ1) is 19.1. The standard InChI is InChI=1S/C16H22BrF3N4/c1-21-15(23(2)9-12-5-3-4-6-14(12)17)22-13-7-8-24(10-13)11-16(18,19)20/h3-6,13H,7-11H2,1-2H3,(H,21,22). The Kier molecular flexibility index (Phi) is 6.51. The third kappa shape index (κ3) is 5.66. The highest BCUT2D eigenvalue weighted by Gasteiger charge is 2.34. The van der Waals surface area contributed by atoms with Gasteiger partial charge in [-0.1, -0.05) is 34.1 Å². The molecule has 1 atom stereocenters. The number of guanidine groups is 1. The smallest absolute Gasteiger partial charge is 0.352 e. The third-order valence-electron chi connectivity index (χ3n) is 3.95. The number of nitrogens with zero attached hydrogens (tertiary/aromatic N) is 3. The number of aliphatic imine (C=N–C) groups is 1. The molecule has 1 unspecified atom stereocenters. The van der Waals surface area contributed by atoms with Crippen molar-refractivity contribution in [3.8, 4) is 0 Å². The fraction of sp³-hybridized carbons (Fsp3) is 0.562. The summed E-state index contributed by atoms with van der Waals surface area (Å²) in [6.45, 7) is 0.625. The lowest BCUT2D eigenvalue weighted by Crippen LogP contribution is -2.45. The van der Waals surface area contributed by atoms with E-state index in [1.807, 2.05) is 36.2 Å². The van der Waals surface area contributed by atoms with Crippen LogP contribution in [0.2, 0.25) is 0 Å².